The van der Waals surface area contributed by atoms with Crippen molar-refractivity contribution in [3.05, 3.63) is 71.9 Å². The molecule has 0 bridgehead atoms. The van der Waals surface area contributed by atoms with Crippen LogP contribution < -0.4 is 19.5 Å². The van der Waals surface area contributed by atoms with Gasteiger partial charge in [-0.15, -0.1) is 0 Å². The van der Waals surface area contributed by atoms with Gasteiger partial charge in [-0.25, -0.2) is 23.4 Å². The molecule has 1 aromatic heterocycles. The van der Waals surface area contributed by atoms with Gasteiger partial charge in [0.2, 0.25) is 16.0 Å². The van der Waals surface area contributed by atoms with Gasteiger partial charge in [0, 0.05) is 56.9 Å². The minimum Gasteiger partial charge on any atom is -0.314 e. The molecule has 0 saturated carbocycles. The third-order valence-electron chi connectivity index (χ3n) is 7.08. The smallest absolute Gasteiger partial charge is 0.261 e. The molecular weight excluding hydrogens is 502 g/mol. The normalized spacial score (nSPS) is 17.2. The molecule has 2 aromatic carbocycles. The van der Waals surface area contributed by atoms with Gasteiger partial charge in [0.25, 0.3) is 5.91 Å². The first-order valence-corrected chi connectivity index (χ1v) is 14.5. The van der Waals surface area contributed by atoms with E-state index in [1.807, 2.05) is 41.5 Å². The molecule has 1 N–H and O–H groups in total. The maximum absolute atomic E-state index is 14.0. The molecular formula is C27H33N7O3S. The fourth-order valence-corrected chi connectivity index (χ4v) is 5.47. The Kier molecular flexibility index (Phi) is 6.84. The number of anilines is 4. The molecule has 11 heteroatoms. The van der Waals surface area contributed by atoms with Crippen LogP contribution in [0.15, 0.2) is 60.8 Å². The van der Waals surface area contributed by atoms with E-state index in [1.165, 1.54) is 7.05 Å². The van der Waals surface area contributed by atoms with Crippen LogP contribution in [0.25, 0.3) is 0 Å². The van der Waals surface area contributed by atoms with Gasteiger partial charge in [0.05, 0.1) is 23.2 Å². The van der Waals surface area contributed by atoms with Crippen molar-refractivity contribution >= 4 is 39.1 Å². The maximum Gasteiger partial charge on any atom is 0.261 e. The Morgan fingerprint density at radius 2 is 1.68 bits per heavy atom. The number of amides is 1. The first-order chi connectivity index (χ1) is 18.1. The molecule has 0 radical (unpaired) electrons. The van der Waals surface area contributed by atoms with Gasteiger partial charge in [-0.1, -0.05) is 44.2 Å². The lowest BCUT2D eigenvalue weighted by Gasteiger charge is -2.37. The molecule has 200 valence electrons. The highest BCUT2D eigenvalue weighted by Crippen LogP contribution is 2.41. The van der Waals surface area contributed by atoms with E-state index in [0.717, 1.165) is 48.0 Å². The molecule has 1 saturated heterocycles. The lowest BCUT2D eigenvalue weighted by Crippen LogP contribution is -2.51. The lowest BCUT2D eigenvalue weighted by atomic mass is 9.89. The van der Waals surface area contributed by atoms with Crippen LogP contribution in [0.5, 0.6) is 0 Å². The number of hydrazine groups is 1. The molecule has 2 aliphatic rings. The number of nitrogens with zero attached hydrogens (tertiary/aromatic N) is 6. The van der Waals surface area contributed by atoms with Crippen LogP contribution in [0.1, 0.15) is 29.8 Å². The molecule has 10 nitrogen and oxygen atoms in total. The van der Waals surface area contributed by atoms with E-state index in [4.69, 9.17) is 9.97 Å². The molecule has 0 spiro atoms. The minimum atomic E-state index is -3.56. The summed E-state index contributed by atoms with van der Waals surface area (Å²) in [6, 6.07) is 16.7. The molecule has 1 amide bonds. The zero-order valence-corrected chi connectivity index (χ0v) is 22.9. The van der Waals surface area contributed by atoms with Crippen molar-refractivity contribution in [2.45, 2.75) is 19.3 Å². The highest BCUT2D eigenvalue weighted by Gasteiger charge is 2.41. The molecule has 38 heavy (non-hydrogen) atoms. The largest absolute Gasteiger partial charge is 0.314 e. The molecule has 0 aliphatic carbocycles. The van der Waals surface area contributed by atoms with Crippen molar-refractivity contribution in [1.29, 1.82) is 0 Å². The zero-order chi connectivity index (χ0) is 27.1. The second-order valence-corrected chi connectivity index (χ2v) is 12.3. The van der Waals surface area contributed by atoms with E-state index in [0.29, 0.717) is 29.6 Å². The van der Waals surface area contributed by atoms with E-state index in [-0.39, 0.29) is 11.3 Å². The van der Waals surface area contributed by atoms with E-state index < -0.39 is 10.0 Å². The Hall–Kier alpha value is -3.54. The van der Waals surface area contributed by atoms with E-state index in [9.17, 15) is 13.2 Å². The molecule has 2 aliphatic heterocycles. The van der Waals surface area contributed by atoms with Crippen molar-refractivity contribution in [3.8, 4) is 0 Å². The van der Waals surface area contributed by atoms with Crippen LogP contribution in [0.2, 0.25) is 0 Å². The summed E-state index contributed by atoms with van der Waals surface area (Å²) in [6.45, 7) is 7.77. The van der Waals surface area contributed by atoms with E-state index >= 15 is 0 Å². The Bertz CT molecular complexity index is 1440. The predicted molar refractivity (Wildman–Crippen MR) is 149 cm³/mol. The quantitative estimate of drug-likeness (QED) is 0.514. The van der Waals surface area contributed by atoms with Crippen molar-refractivity contribution in [1.82, 2.24) is 20.3 Å². The summed E-state index contributed by atoms with van der Waals surface area (Å²) in [5, 5.41) is 7.60. The first kappa shape index (κ1) is 26.1. The zero-order valence-electron chi connectivity index (χ0n) is 22.1. The molecule has 5 rings (SSSR count). The van der Waals surface area contributed by atoms with Crippen LogP contribution in [0.3, 0.4) is 0 Å². The summed E-state index contributed by atoms with van der Waals surface area (Å²) in [5.74, 6) is 0.716. The van der Waals surface area contributed by atoms with Crippen LogP contribution in [-0.2, 0) is 15.4 Å². The SMILES string of the molecule is CN(c1ccccc1C(=O)N1CC(C)(C)c2cnc(N(c3ccccc3)N3CCNCC3)nc21)S(C)(=O)=O. The number of carbonyl (C=O) groups excluding carboxylic acids is 1. The Morgan fingerprint density at radius 3 is 2.37 bits per heavy atom. The standard InChI is InChI=1S/C27H33N7O3S/c1-27(2)19-33(25(35)21-12-8-9-13-23(21)31(3)38(4,36)37)24-22(27)18-29-26(30-24)34(20-10-6-5-7-11-20)32-16-14-28-15-17-32/h5-13,18,28H,14-17,19H2,1-4H3. The molecule has 0 unspecified atom stereocenters. The van der Waals surface area contributed by atoms with Crippen molar-refractivity contribution in [2.24, 2.45) is 0 Å². The van der Waals surface area contributed by atoms with Crippen molar-refractivity contribution < 1.29 is 13.2 Å². The average molecular weight is 536 g/mol. The van der Waals surface area contributed by atoms with Crippen molar-refractivity contribution in [3.63, 3.8) is 0 Å². The number of benzene rings is 2. The minimum absolute atomic E-state index is 0.297. The Labute approximate surface area is 223 Å². The van der Waals surface area contributed by atoms with Crippen LogP contribution in [0.4, 0.5) is 23.1 Å². The molecule has 0 atom stereocenters. The molecule has 3 aromatic rings. The number of nitrogens with one attached hydrogen (secondary N) is 1. The van der Waals surface area contributed by atoms with Crippen molar-refractivity contribution in [2.75, 3.05) is 60.2 Å². The molecule has 3 heterocycles. The Balaban J connectivity index is 1.59. The number of carbonyl (C=O) groups is 1. The molecule has 1 fully saturated rings. The maximum atomic E-state index is 14.0. The number of hydrogen-bond donors (Lipinski definition) is 1. The fourth-order valence-electron chi connectivity index (χ4n) is 4.95. The van der Waals surface area contributed by atoms with Crippen LogP contribution in [0, 0.1) is 0 Å². The highest BCUT2D eigenvalue weighted by molar-refractivity contribution is 7.92. The van der Waals surface area contributed by atoms with E-state index in [1.54, 1.807) is 29.2 Å². The second kappa shape index (κ2) is 9.97. The average Bonchev–Trinajstić information content (AvgIpc) is 3.18. The third kappa shape index (κ3) is 4.84. The van der Waals surface area contributed by atoms with Gasteiger partial charge in [0.15, 0.2) is 0 Å². The number of fused-ring (bicyclic) bond motifs is 1. The summed E-state index contributed by atoms with van der Waals surface area (Å²) < 4.78 is 25.7. The summed E-state index contributed by atoms with van der Waals surface area (Å²) in [6.07, 6.45) is 2.94. The number of rotatable bonds is 6. The summed E-state index contributed by atoms with van der Waals surface area (Å²) in [7, 11) is -2.11. The van der Waals surface area contributed by atoms with Gasteiger partial charge in [0.1, 0.15) is 5.82 Å². The van der Waals surface area contributed by atoms with Crippen LogP contribution >= 0.6 is 0 Å². The number of para-hydroxylation sites is 2. The lowest BCUT2D eigenvalue weighted by molar-refractivity contribution is 0.0986. The summed E-state index contributed by atoms with van der Waals surface area (Å²) in [5.41, 5.74) is 2.05. The summed E-state index contributed by atoms with van der Waals surface area (Å²) in [4.78, 5) is 25.4. The Morgan fingerprint density at radius 1 is 1.03 bits per heavy atom. The van der Waals surface area contributed by atoms with E-state index in [2.05, 4.69) is 24.2 Å². The predicted octanol–water partition coefficient (Wildman–Crippen LogP) is 2.77. The van der Waals surface area contributed by atoms with Gasteiger partial charge < -0.3 is 5.32 Å². The first-order valence-electron chi connectivity index (χ1n) is 12.6. The van der Waals surface area contributed by atoms with Gasteiger partial charge >= 0.3 is 0 Å². The fraction of sp³-hybridized carbons (Fsp3) is 0.370. The number of aromatic nitrogens is 2. The van der Waals surface area contributed by atoms with Gasteiger partial charge in [-0.3, -0.25) is 14.0 Å². The van der Waals surface area contributed by atoms with Gasteiger partial charge in [-0.05, 0) is 24.3 Å². The topological polar surface area (TPSA) is 102 Å². The second-order valence-electron chi connectivity index (χ2n) is 10.3. The number of sulfonamides is 1. The number of piperazine rings is 1. The third-order valence-corrected chi connectivity index (χ3v) is 8.27. The monoisotopic (exact) mass is 535 g/mol. The van der Waals surface area contributed by atoms with Crippen LogP contribution in [-0.4, -0.2) is 75.3 Å². The summed E-state index contributed by atoms with van der Waals surface area (Å²) >= 11 is 0. The number of hydrogen-bond acceptors (Lipinski definition) is 8. The van der Waals surface area contributed by atoms with Gasteiger partial charge in [-0.2, -0.15) is 4.98 Å². The highest BCUT2D eigenvalue weighted by atomic mass is 32.2.